The largest absolute Gasteiger partial charge is 0.476 e. The second kappa shape index (κ2) is 5.52. The third-order valence-corrected chi connectivity index (χ3v) is 2.39. The SMILES string of the molecule is O=C(O)c1nccnc1C(=O)NN1CCOCC1. The number of nitrogens with one attached hydrogen (secondary N) is 1. The normalized spacial score (nSPS) is 16.2. The van der Waals surface area contributed by atoms with Gasteiger partial charge in [-0.05, 0) is 0 Å². The molecule has 2 rings (SSSR count). The number of rotatable bonds is 3. The molecule has 8 heteroatoms. The minimum absolute atomic E-state index is 0.198. The van der Waals surface area contributed by atoms with E-state index in [1.807, 2.05) is 0 Å². The summed E-state index contributed by atoms with van der Waals surface area (Å²) in [5.41, 5.74) is 2.02. The molecule has 1 fully saturated rings. The van der Waals surface area contributed by atoms with Crippen molar-refractivity contribution in [3.05, 3.63) is 23.8 Å². The molecule has 0 bridgehead atoms. The first-order chi connectivity index (χ1) is 8.68. The average molecular weight is 252 g/mol. The van der Waals surface area contributed by atoms with E-state index in [1.165, 1.54) is 12.4 Å². The van der Waals surface area contributed by atoms with E-state index in [-0.39, 0.29) is 11.4 Å². The minimum atomic E-state index is -1.28. The summed E-state index contributed by atoms with van der Waals surface area (Å²) in [6, 6.07) is 0. The maximum atomic E-state index is 11.9. The number of carbonyl (C=O) groups excluding carboxylic acids is 1. The first-order valence-corrected chi connectivity index (χ1v) is 5.36. The van der Waals surface area contributed by atoms with Crippen LogP contribution < -0.4 is 5.43 Å². The highest BCUT2D eigenvalue weighted by Crippen LogP contribution is 2.02. The Morgan fingerprint density at radius 1 is 1.22 bits per heavy atom. The van der Waals surface area contributed by atoms with Crippen molar-refractivity contribution >= 4 is 11.9 Å². The molecule has 1 amide bonds. The van der Waals surface area contributed by atoms with Gasteiger partial charge in [0.05, 0.1) is 13.2 Å². The lowest BCUT2D eigenvalue weighted by Gasteiger charge is -2.26. The van der Waals surface area contributed by atoms with E-state index in [0.717, 1.165) is 0 Å². The van der Waals surface area contributed by atoms with Crippen LogP contribution >= 0.6 is 0 Å². The molecule has 8 nitrogen and oxygen atoms in total. The molecule has 96 valence electrons. The lowest BCUT2D eigenvalue weighted by Crippen LogP contribution is -2.48. The molecule has 0 radical (unpaired) electrons. The summed E-state index contributed by atoms with van der Waals surface area (Å²) in [5.74, 6) is -1.86. The van der Waals surface area contributed by atoms with Crippen LogP contribution in [0, 0.1) is 0 Å². The van der Waals surface area contributed by atoms with Crippen molar-refractivity contribution in [2.45, 2.75) is 0 Å². The zero-order valence-electron chi connectivity index (χ0n) is 9.50. The van der Waals surface area contributed by atoms with E-state index < -0.39 is 11.9 Å². The van der Waals surface area contributed by atoms with Crippen molar-refractivity contribution < 1.29 is 19.4 Å². The minimum Gasteiger partial charge on any atom is -0.476 e. The van der Waals surface area contributed by atoms with Crippen molar-refractivity contribution in [1.82, 2.24) is 20.4 Å². The van der Waals surface area contributed by atoms with Crippen LogP contribution in [-0.4, -0.2) is 58.3 Å². The van der Waals surface area contributed by atoms with Gasteiger partial charge in [0.15, 0.2) is 11.4 Å². The molecule has 1 aliphatic rings. The zero-order chi connectivity index (χ0) is 13.0. The number of ether oxygens (including phenoxy) is 1. The molecule has 0 spiro atoms. The lowest BCUT2D eigenvalue weighted by molar-refractivity contribution is 0.0123. The predicted octanol–water partition coefficient (Wildman–Crippen LogP) is -0.848. The summed E-state index contributed by atoms with van der Waals surface area (Å²) >= 11 is 0. The maximum Gasteiger partial charge on any atom is 0.356 e. The van der Waals surface area contributed by atoms with Crippen LogP contribution in [0.1, 0.15) is 21.0 Å². The molecule has 1 saturated heterocycles. The molecule has 0 atom stereocenters. The lowest BCUT2D eigenvalue weighted by atomic mass is 10.3. The summed E-state index contributed by atoms with van der Waals surface area (Å²) in [6.07, 6.45) is 2.51. The van der Waals surface area contributed by atoms with Crippen molar-refractivity contribution in [2.24, 2.45) is 0 Å². The van der Waals surface area contributed by atoms with Gasteiger partial charge in [-0.3, -0.25) is 10.2 Å². The number of aromatic nitrogens is 2. The number of carboxylic acids is 1. The van der Waals surface area contributed by atoms with E-state index in [4.69, 9.17) is 9.84 Å². The molecule has 2 N–H and O–H groups in total. The Labute approximate surface area is 103 Å². The monoisotopic (exact) mass is 252 g/mol. The smallest absolute Gasteiger partial charge is 0.356 e. The van der Waals surface area contributed by atoms with E-state index in [2.05, 4.69) is 15.4 Å². The fraction of sp³-hybridized carbons (Fsp3) is 0.400. The van der Waals surface area contributed by atoms with Gasteiger partial charge in [0, 0.05) is 25.5 Å². The van der Waals surface area contributed by atoms with Gasteiger partial charge in [-0.25, -0.2) is 19.8 Å². The van der Waals surface area contributed by atoms with Gasteiger partial charge >= 0.3 is 5.97 Å². The van der Waals surface area contributed by atoms with Crippen LogP contribution in [0.4, 0.5) is 0 Å². The van der Waals surface area contributed by atoms with E-state index in [0.29, 0.717) is 26.3 Å². The van der Waals surface area contributed by atoms with Gasteiger partial charge in [-0.15, -0.1) is 0 Å². The summed E-state index contributed by atoms with van der Waals surface area (Å²) in [5, 5.41) is 10.6. The third kappa shape index (κ3) is 2.79. The Bertz CT molecular complexity index is 459. The highest BCUT2D eigenvalue weighted by atomic mass is 16.5. The Morgan fingerprint density at radius 2 is 1.83 bits per heavy atom. The number of nitrogens with zero attached hydrogens (tertiary/aromatic N) is 3. The van der Waals surface area contributed by atoms with Crippen molar-refractivity contribution in [1.29, 1.82) is 0 Å². The van der Waals surface area contributed by atoms with Crippen molar-refractivity contribution in [2.75, 3.05) is 26.3 Å². The molecule has 0 aromatic carbocycles. The van der Waals surface area contributed by atoms with Gasteiger partial charge in [0.1, 0.15) is 0 Å². The second-order valence-corrected chi connectivity index (χ2v) is 3.60. The fourth-order valence-corrected chi connectivity index (χ4v) is 1.53. The van der Waals surface area contributed by atoms with E-state index >= 15 is 0 Å². The van der Waals surface area contributed by atoms with Crippen LogP contribution in [0.25, 0.3) is 0 Å². The number of amides is 1. The molecule has 1 aromatic heterocycles. The number of aromatic carboxylic acids is 1. The van der Waals surface area contributed by atoms with Crippen LogP contribution in [0.3, 0.4) is 0 Å². The Kier molecular flexibility index (Phi) is 3.80. The number of morpholine rings is 1. The summed E-state index contributed by atoms with van der Waals surface area (Å²) in [7, 11) is 0. The highest BCUT2D eigenvalue weighted by molar-refractivity contribution is 6.01. The molecular formula is C10H12N4O4. The van der Waals surface area contributed by atoms with Gasteiger partial charge in [0.25, 0.3) is 5.91 Å². The third-order valence-electron chi connectivity index (χ3n) is 2.39. The molecule has 0 saturated carbocycles. The summed E-state index contributed by atoms with van der Waals surface area (Å²) < 4.78 is 5.13. The number of carboxylic acid groups (broad SMARTS) is 1. The zero-order valence-corrected chi connectivity index (χ0v) is 9.50. The van der Waals surface area contributed by atoms with Crippen LogP contribution in [0.2, 0.25) is 0 Å². The summed E-state index contributed by atoms with van der Waals surface area (Å²) in [6.45, 7) is 2.14. The number of hydrogen-bond acceptors (Lipinski definition) is 6. The molecule has 1 aliphatic heterocycles. The molecule has 0 aliphatic carbocycles. The Hall–Kier alpha value is -2.06. The second-order valence-electron chi connectivity index (χ2n) is 3.60. The quantitative estimate of drug-likeness (QED) is 0.722. The fourth-order valence-electron chi connectivity index (χ4n) is 1.53. The Morgan fingerprint density at radius 3 is 2.44 bits per heavy atom. The molecular weight excluding hydrogens is 240 g/mol. The van der Waals surface area contributed by atoms with Gasteiger partial charge < -0.3 is 9.84 Å². The first-order valence-electron chi connectivity index (χ1n) is 5.36. The maximum absolute atomic E-state index is 11.9. The average Bonchev–Trinajstić information content (AvgIpc) is 2.40. The van der Waals surface area contributed by atoms with Gasteiger partial charge in [-0.1, -0.05) is 0 Å². The predicted molar refractivity (Wildman–Crippen MR) is 58.8 cm³/mol. The van der Waals surface area contributed by atoms with Crippen molar-refractivity contribution in [3.8, 4) is 0 Å². The standard InChI is InChI=1S/C10H12N4O4/c15-9(13-14-3-5-18-6-4-14)7-8(10(16)17)12-2-1-11-7/h1-2H,3-6H2,(H,13,15)(H,16,17). The van der Waals surface area contributed by atoms with Crippen LogP contribution in [-0.2, 0) is 4.74 Å². The van der Waals surface area contributed by atoms with Crippen LogP contribution in [0.15, 0.2) is 12.4 Å². The van der Waals surface area contributed by atoms with Gasteiger partial charge in [0.2, 0.25) is 0 Å². The number of hydrazine groups is 1. The molecule has 0 unspecified atom stereocenters. The first kappa shape index (κ1) is 12.4. The van der Waals surface area contributed by atoms with Gasteiger partial charge in [-0.2, -0.15) is 0 Å². The molecule has 1 aromatic rings. The van der Waals surface area contributed by atoms with Crippen molar-refractivity contribution in [3.63, 3.8) is 0 Å². The molecule has 2 heterocycles. The number of carbonyl (C=O) groups is 2. The molecule has 18 heavy (non-hydrogen) atoms. The topological polar surface area (TPSA) is 105 Å². The van der Waals surface area contributed by atoms with E-state index in [1.54, 1.807) is 5.01 Å². The summed E-state index contributed by atoms with van der Waals surface area (Å²) in [4.78, 5) is 30.2. The highest BCUT2D eigenvalue weighted by Gasteiger charge is 2.21. The number of hydrogen-bond donors (Lipinski definition) is 2. The Balaban J connectivity index is 2.10. The van der Waals surface area contributed by atoms with Crippen LogP contribution in [0.5, 0.6) is 0 Å². The van der Waals surface area contributed by atoms with E-state index in [9.17, 15) is 9.59 Å².